The van der Waals surface area contributed by atoms with Crippen molar-refractivity contribution in [2.75, 3.05) is 32.8 Å². The van der Waals surface area contributed by atoms with Crippen LogP contribution in [-0.2, 0) is 10.0 Å². The third-order valence-electron chi connectivity index (χ3n) is 4.59. The minimum absolute atomic E-state index is 0.0538. The van der Waals surface area contributed by atoms with Crippen molar-refractivity contribution in [3.05, 3.63) is 59.9 Å². The molecule has 28 heavy (non-hydrogen) atoms. The number of ether oxygens (including phenoxy) is 1. The second-order valence-corrected chi connectivity index (χ2v) is 8.40. The van der Waals surface area contributed by atoms with Crippen LogP contribution in [0.15, 0.2) is 53.4 Å². The van der Waals surface area contributed by atoms with Gasteiger partial charge in [0.15, 0.2) is 0 Å². The van der Waals surface area contributed by atoms with Gasteiger partial charge in [-0.3, -0.25) is 4.79 Å². The van der Waals surface area contributed by atoms with Gasteiger partial charge in [0, 0.05) is 31.7 Å². The molecule has 0 bridgehead atoms. The minimum Gasteiger partial charge on any atom is -0.494 e. The van der Waals surface area contributed by atoms with E-state index in [-0.39, 0.29) is 23.9 Å². The SMILES string of the molecule is CCOc1cccc(C(=O)N2CCCN(S(=O)(=O)c3ccc(F)cc3)CC2)c1. The van der Waals surface area contributed by atoms with Gasteiger partial charge in [-0.05, 0) is 55.8 Å². The number of carbonyl (C=O) groups is 1. The Morgan fingerprint density at radius 3 is 2.54 bits per heavy atom. The second-order valence-electron chi connectivity index (χ2n) is 6.46. The zero-order valence-corrected chi connectivity index (χ0v) is 16.5. The van der Waals surface area contributed by atoms with Gasteiger partial charge < -0.3 is 9.64 Å². The number of hydrogen-bond acceptors (Lipinski definition) is 4. The van der Waals surface area contributed by atoms with Crippen LogP contribution in [0.4, 0.5) is 4.39 Å². The molecule has 1 heterocycles. The molecule has 2 aromatic carbocycles. The number of amides is 1. The molecular weight excluding hydrogens is 383 g/mol. The lowest BCUT2D eigenvalue weighted by Crippen LogP contribution is -2.37. The molecule has 1 aliphatic rings. The summed E-state index contributed by atoms with van der Waals surface area (Å²) in [5, 5.41) is 0. The maximum Gasteiger partial charge on any atom is 0.254 e. The lowest BCUT2D eigenvalue weighted by atomic mass is 10.2. The number of nitrogens with zero attached hydrogens (tertiary/aromatic N) is 2. The zero-order valence-electron chi connectivity index (χ0n) is 15.7. The summed E-state index contributed by atoms with van der Waals surface area (Å²) in [6.45, 7) is 3.64. The Kier molecular flexibility index (Phi) is 6.31. The molecule has 0 spiro atoms. The third kappa shape index (κ3) is 4.51. The van der Waals surface area contributed by atoms with Gasteiger partial charge in [0.25, 0.3) is 5.91 Å². The Balaban J connectivity index is 1.71. The molecular formula is C20H23FN2O4S. The van der Waals surface area contributed by atoms with E-state index in [1.807, 2.05) is 6.92 Å². The standard InChI is InChI=1S/C20H23FN2O4S/c1-2-27-18-6-3-5-16(15-18)20(24)22-11-4-12-23(14-13-22)28(25,26)19-9-7-17(21)8-10-19/h3,5-10,15H,2,4,11-14H2,1H3. The first-order chi connectivity index (χ1) is 13.4. The molecule has 2 aromatic rings. The van der Waals surface area contributed by atoms with Crippen molar-refractivity contribution in [1.82, 2.24) is 9.21 Å². The summed E-state index contributed by atoms with van der Waals surface area (Å²) in [7, 11) is -3.72. The van der Waals surface area contributed by atoms with Gasteiger partial charge in [0.05, 0.1) is 11.5 Å². The largest absolute Gasteiger partial charge is 0.494 e. The topological polar surface area (TPSA) is 66.9 Å². The van der Waals surface area contributed by atoms with Crippen LogP contribution in [0.2, 0.25) is 0 Å². The molecule has 1 amide bonds. The van der Waals surface area contributed by atoms with Crippen LogP contribution >= 0.6 is 0 Å². The fourth-order valence-electron chi connectivity index (χ4n) is 3.16. The molecule has 0 aliphatic carbocycles. The van der Waals surface area contributed by atoms with E-state index in [1.54, 1.807) is 29.2 Å². The molecule has 0 aromatic heterocycles. The van der Waals surface area contributed by atoms with Crippen LogP contribution in [0.3, 0.4) is 0 Å². The molecule has 0 N–H and O–H groups in total. The van der Waals surface area contributed by atoms with Gasteiger partial charge in [-0.1, -0.05) is 6.07 Å². The number of halogens is 1. The minimum atomic E-state index is -3.72. The lowest BCUT2D eigenvalue weighted by molar-refractivity contribution is 0.0763. The summed E-state index contributed by atoms with van der Waals surface area (Å²) in [6, 6.07) is 11.8. The molecule has 3 rings (SSSR count). The normalized spacial score (nSPS) is 15.9. The van der Waals surface area contributed by atoms with Crippen molar-refractivity contribution in [2.45, 2.75) is 18.2 Å². The van der Waals surface area contributed by atoms with Crippen molar-refractivity contribution in [3.63, 3.8) is 0 Å². The number of benzene rings is 2. The second kappa shape index (κ2) is 8.70. The van der Waals surface area contributed by atoms with Gasteiger partial charge in [-0.15, -0.1) is 0 Å². The average molecular weight is 406 g/mol. The molecule has 0 unspecified atom stereocenters. The van der Waals surface area contributed by atoms with Crippen molar-refractivity contribution < 1.29 is 22.3 Å². The molecule has 150 valence electrons. The van der Waals surface area contributed by atoms with Crippen molar-refractivity contribution in [2.24, 2.45) is 0 Å². The Bertz CT molecular complexity index is 931. The van der Waals surface area contributed by atoms with Crippen LogP contribution in [0.25, 0.3) is 0 Å². The van der Waals surface area contributed by atoms with Crippen LogP contribution in [0.1, 0.15) is 23.7 Å². The predicted octanol–water partition coefficient (Wildman–Crippen LogP) is 2.76. The molecule has 0 saturated carbocycles. The molecule has 0 radical (unpaired) electrons. The van der Waals surface area contributed by atoms with E-state index >= 15 is 0 Å². The molecule has 8 heteroatoms. The van der Waals surface area contributed by atoms with E-state index in [2.05, 4.69) is 0 Å². The Morgan fingerprint density at radius 1 is 1.07 bits per heavy atom. The number of hydrogen-bond donors (Lipinski definition) is 0. The van der Waals surface area contributed by atoms with E-state index in [0.717, 1.165) is 12.1 Å². The Labute approximate surface area is 164 Å². The van der Waals surface area contributed by atoms with Gasteiger partial charge in [0.1, 0.15) is 11.6 Å². The third-order valence-corrected chi connectivity index (χ3v) is 6.50. The van der Waals surface area contributed by atoms with Crippen LogP contribution in [0.5, 0.6) is 5.75 Å². The highest BCUT2D eigenvalue weighted by Crippen LogP contribution is 2.20. The Hall–Kier alpha value is -2.45. The van der Waals surface area contributed by atoms with E-state index in [1.165, 1.54) is 16.4 Å². The highest BCUT2D eigenvalue weighted by molar-refractivity contribution is 7.89. The number of sulfonamides is 1. The summed E-state index contributed by atoms with van der Waals surface area (Å²) < 4.78 is 45.5. The number of carbonyl (C=O) groups excluding carboxylic acids is 1. The maximum absolute atomic E-state index is 13.1. The highest BCUT2D eigenvalue weighted by Gasteiger charge is 2.28. The van der Waals surface area contributed by atoms with E-state index in [9.17, 15) is 17.6 Å². The van der Waals surface area contributed by atoms with Crippen LogP contribution in [-0.4, -0.2) is 56.3 Å². The molecule has 0 atom stereocenters. The average Bonchev–Trinajstić information content (AvgIpc) is 2.95. The van der Waals surface area contributed by atoms with Gasteiger partial charge >= 0.3 is 0 Å². The summed E-state index contributed by atoms with van der Waals surface area (Å²) in [6.07, 6.45) is 0.525. The summed E-state index contributed by atoms with van der Waals surface area (Å²) >= 11 is 0. The summed E-state index contributed by atoms with van der Waals surface area (Å²) in [4.78, 5) is 14.5. The monoisotopic (exact) mass is 406 g/mol. The summed E-state index contributed by atoms with van der Waals surface area (Å²) in [5.41, 5.74) is 0.515. The van der Waals surface area contributed by atoms with Gasteiger partial charge in [-0.25, -0.2) is 12.8 Å². The highest BCUT2D eigenvalue weighted by atomic mass is 32.2. The fraction of sp³-hybridized carbons (Fsp3) is 0.350. The maximum atomic E-state index is 13.1. The fourth-order valence-corrected chi connectivity index (χ4v) is 4.63. The first kappa shape index (κ1) is 20.3. The smallest absolute Gasteiger partial charge is 0.254 e. The number of rotatable bonds is 5. The summed E-state index contributed by atoms with van der Waals surface area (Å²) in [5.74, 6) is -0.00728. The first-order valence-electron chi connectivity index (χ1n) is 9.19. The lowest BCUT2D eigenvalue weighted by Gasteiger charge is -2.22. The van der Waals surface area contributed by atoms with Gasteiger partial charge in [0.2, 0.25) is 10.0 Å². The van der Waals surface area contributed by atoms with E-state index < -0.39 is 15.8 Å². The van der Waals surface area contributed by atoms with Gasteiger partial charge in [-0.2, -0.15) is 4.31 Å². The van der Waals surface area contributed by atoms with E-state index in [4.69, 9.17) is 4.74 Å². The van der Waals surface area contributed by atoms with E-state index in [0.29, 0.717) is 37.4 Å². The zero-order chi connectivity index (χ0) is 20.1. The first-order valence-corrected chi connectivity index (χ1v) is 10.6. The molecule has 1 aliphatic heterocycles. The van der Waals surface area contributed by atoms with Crippen LogP contribution < -0.4 is 4.74 Å². The van der Waals surface area contributed by atoms with Crippen molar-refractivity contribution >= 4 is 15.9 Å². The van der Waals surface area contributed by atoms with Crippen LogP contribution in [0, 0.1) is 5.82 Å². The molecule has 1 fully saturated rings. The predicted molar refractivity (Wildman–Crippen MR) is 103 cm³/mol. The van der Waals surface area contributed by atoms with Crippen molar-refractivity contribution in [1.29, 1.82) is 0 Å². The van der Waals surface area contributed by atoms with Crippen molar-refractivity contribution in [3.8, 4) is 5.75 Å². The molecule has 6 nitrogen and oxygen atoms in total. The molecule has 1 saturated heterocycles. The quantitative estimate of drug-likeness (QED) is 0.766. The Morgan fingerprint density at radius 2 is 1.82 bits per heavy atom.